The third-order valence-electron chi connectivity index (χ3n) is 4.19. The molecule has 0 bridgehead atoms. The van der Waals surface area contributed by atoms with Crippen molar-refractivity contribution in [1.29, 1.82) is 0 Å². The topological polar surface area (TPSA) is 66.9 Å². The Morgan fingerprint density at radius 3 is 2.54 bits per heavy atom. The molecule has 8 heteroatoms. The van der Waals surface area contributed by atoms with Crippen LogP contribution in [0.1, 0.15) is 27.2 Å². The van der Waals surface area contributed by atoms with Gasteiger partial charge in [-0.05, 0) is 55.3 Å². The van der Waals surface area contributed by atoms with Gasteiger partial charge in [0.05, 0.1) is 5.56 Å². The van der Waals surface area contributed by atoms with Crippen LogP contribution in [0.5, 0.6) is 0 Å². The van der Waals surface area contributed by atoms with E-state index in [4.69, 9.17) is 0 Å². The van der Waals surface area contributed by atoms with Gasteiger partial charge in [0.15, 0.2) is 0 Å². The average molecular weight is 386 g/mol. The number of hydrogen-bond donors (Lipinski definition) is 2. The van der Waals surface area contributed by atoms with Gasteiger partial charge in [-0.2, -0.15) is 13.2 Å². The molecule has 3 aromatic rings. The molecule has 0 spiro atoms. The van der Waals surface area contributed by atoms with E-state index in [9.17, 15) is 18.0 Å². The van der Waals surface area contributed by atoms with Crippen LogP contribution >= 0.6 is 0 Å². The number of hydrogen-bond acceptors (Lipinski definition) is 4. The van der Waals surface area contributed by atoms with Crippen molar-refractivity contribution < 1.29 is 18.0 Å². The first-order valence-electron chi connectivity index (χ1n) is 8.39. The minimum absolute atomic E-state index is 0.0212. The molecule has 0 saturated heterocycles. The minimum Gasteiger partial charge on any atom is -0.324 e. The Bertz CT molecular complexity index is 1020. The fourth-order valence-electron chi connectivity index (χ4n) is 2.52. The third kappa shape index (κ3) is 4.46. The summed E-state index contributed by atoms with van der Waals surface area (Å²) >= 11 is 0. The first-order valence-corrected chi connectivity index (χ1v) is 8.39. The molecule has 0 fully saturated rings. The smallest absolute Gasteiger partial charge is 0.324 e. The molecular formula is C20H17F3N4O. The highest BCUT2D eigenvalue weighted by Gasteiger charge is 2.30. The molecule has 0 saturated carbocycles. The maximum absolute atomic E-state index is 12.8. The molecule has 0 aliphatic carbocycles. The second kappa shape index (κ2) is 7.67. The van der Waals surface area contributed by atoms with Crippen LogP contribution in [0.4, 0.5) is 30.5 Å². The third-order valence-corrected chi connectivity index (χ3v) is 4.19. The lowest BCUT2D eigenvalue weighted by Crippen LogP contribution is -2.15. The first-order chi connectivity index (χ1) is 13.2. The van der Waals surface area contributed by atoms with E-state index in [1.54, 1.807) is 6.07 Å². The number of halogens is 3. The predicted octanol–water partition coefficient (Wildman–Crippen LogP) is 5.11. The maximum atomic E-state index is 12.8. The lowest BCUT2D eigenvalue weighted by atomic mass is 10.1. The van der Waals surface area contributed by atoms with Gasteiger partial charge in [0.1, 0.15) is 5.69 Å². The number of rotatable bonds is 4. The molecule has 28 heavy (non-hydrogen) atoms. The number of aryl methyl sites for hydroxylation is 1. The Labute approximate surface area is 159 Å². The van der Waals surface area contributed by atoms with Gasteiger partial charge in [-0.1, -0.05) is 18.2 Å². The molecule has 0 unspecified atom stereocenters. The lowest BCUT2D eigenvalue weighted by molar-refractivity contribution is -0.137. The van der Waals surface area contributed by atoms with Crippen LogP contribution in [0.15, 0.2) is 54.7 Å². The fourth-order valence-corrected chi connectivity index (χ4v) is 2.52. The Balaban J connectivity index is 1.79. The second-order valence-electron chi connectivity index (χ2n) is 6.17. The number of alkyl halides is 3. The van der Waals surface area contributed by atoms with Crippen LogP contribution in [0.25, 0.3) is 0 Å². The number of amides is 1. The van der Waals surface area contributed by atoms with Crippen molar-refractivity contribution in [2.75, 3.05) is 10.6 Å². The summed E-state index contributed by atoms with van der Waals surface area (Å²) in [6, 6.07) is 11.6. The number of nitrogens with one attached hydrogen (secondary N) is 2. The van der Waals surface area contributed by atoms with Gasteiger partial charge in [0.2, 0.25) is 5.95 Å². The zero-order valence-corrected chi connectivity index (χ0v) is 15.1. The van der Waals surface area contributed by atoms with Crippen molar-refractivity contribution in [2.45, 2.75) is 20.0 Å². The van der Waals surface area contributed by atoms with E-state index in [-0.39, 0.29) is 17.3 Å². The number of carbonyl (C=O) groups is 1. The van der Waals surface area contributed by atoms with Crippen molar-refractivity contribution in [3.05, 3.63) is 77.1 Å². The zero-order valence-electron chi connectivity index (χ0n) is 15.1. The molecule has 0 aliphatic rings. The lowest BCUT2D eigenvalue weighted by Gasteiger charge is -2.11. The van der Waals surface area contributed by atoms with Crippen molar-refractivity contribution >= 4 is 23.2 Å². The van der Waals surface area contributed by atoms with E-state index in [2.05, 4.69) is 20.6 Å². The molecule has 5 nitrogen and oxygen atoms in total. The molecule has 0 radical (unpaired) electrons. The predicted molar refractivity (Wildman–Crippen MR) is 101 cm³/mol. The van der Waals surface area contributed by atoms with Gasteiger partial charge in [-0.3, -0.25) is 4.79 Å². The zero-order chi connectivity index (χ0) is 20.3. The van der Waals surface area contributed by atoms with E-state index in [0.29, 0.717) is 5.69 Å². The molecule has 0 atom stereocenters. The van der Waals surface area contributed by atoms with Crippen LogP contribution < -0.4 is 10.6 Å². The Morgan fingerprint density at radius 1 is 1.04 bits per heavy atom. The van der Waals surface area contributed by atoms with E-state index >= 15 is 0 Å². The molecule has 144 valence electrons. The highest BCUT2D eigenvalue weighted by atomic mass is 19.4. The number of nitrogens with zero attached hydrogens (tertiary/aromatic N) is 2. The largest absolute Gasteiger partial charge is 0.416 e. The minimum atomic E-state index is -4.45. The van der Waals surface area contributed by atoms with Crippen molar-refractivity contribution in [3.8, 4) is 0 Å². The summed E-state index contributed by atoms with van der Waals surface area (Å²) < 4.78 is 38.5. The van der Waals surface area contributed by atoms with Crippen LogP contribution in [0, 0.1) is 13.8 Å². The quantitative estimate of drug-likeness (QED) is 0.654. The summed E-state index contributed by atoms with van der Waals surface area (Å²) in [5.74, 6) is -0.420. The summed E-state index contributed by atoms with van der Waals surface area (Å²) in [6.45, 7) is 3.83. The van der Waals surface area contributed by atoms with E-state index in [0.717, 1.165) is 23.3 Å². The Morgan fingerprint density at radius 2 is 1.79 bits per heavy atom. The average Bonchev–Trinajstić information content (AvgIpc) is 2.65. The first kappa shape index (κ1) is 19.3. The summed E-state index contributed by atoms with van der Waals surface area (Å²) in [5, 5.41) is 5.48. The maximum Gasteiger partial charge on any atom is 0.416 e. The van der Waals surface area contributed by atoms with E-state index < -0.39 is 17.6 Å². The van der Waals surface area contributed by atoms with Crippen LogP contribution in [0.3, 0.4) is 0 Å². The second-order valence-corrected chi connectivity index (χ2v) is 6.17. The fraction of sp³-hybridized carbons (Fsp3) is 0.150. The molecule has 1 amide bonds. The molecule has 2 N–H and O–H groups in total. The Hall–Kier alpha value is -3.42. The van der Waals surface area contributed by atoms with Crippen LogP contribution in [-0.4, -0.2) is 15.9 Å². The normalized spacial score (nSPS) is 11.2. The van der Waals surface area contributed by atoms with Crippen molar-refractivity contribution in [2.24, 2.45) is 0 Å². The van der Waals surface area contributed by atoms with Crippen molar-refractivity contribution in [1.82, 2.24) is 9.97 Å². The van der Waals surface area contributed by atoms with Gasteiger partial charge >= 0.3 is 6.18 Å². The summed E-state index contributed by atoms with van der Waals surface area (Å²) in [4.78, 5) is 20.5. The molecule has 2 aromatic carbocycles. The van der Waals surface area contributed by atoms with Crippen molar-refractivity contribution in [3.63, 3.8) is 0 Å². The number of aromatic nitrogens is 2. The standard InChI is InChI=1S/C20H17F3N4O/c1-12-5-3-8-16(13(12)2)26-18(28)17-9-10-24-19(27-17)25-15-7-4-6-14(11-15)20(21,22)23/h3-11H,1-2H3,(H,26,28)(H,24,25,27). The summed E-state index contributed by atoms with van der Waals surface area (Å²) in [7, 11) is 0. The molecule has 1 aromatic heterocycles. The summed E-state index contributed by atoms with van der Waals surface area (Å²) in [5.41, 5.74) is 2.10. The van der Waals surface area contributed by atoms with Gasteiger partial charge in [-0.15, -0.1) is 0 Å². The molecular weight excluding hydrogens is 369 g/mol. The summed E-state index contributed by atoms with van der Waals surface area (Å²) in [6.07, 6.45) is -3.09. The SMILES string of the molecule is Cc1cccc(NC(=O)c2ccnc(Nc3cccc(C(F)(F)F)c3)n2)c1C. The molecule has 0 aliphatic heterocycles. The van der Waals surface area contributed by atoms with Gasteiger partial charge < -0.3 is 10.6 Å². The highest BCUT2D eigenvalue weighted by Crippen LogP contribution is 2.31. The van der Waals surface area contributed by atoms with Crippen LogP contribution in [-0.2, 0) is 6.18 Å². The highest BCUT2D eigenvalue weighted by molar-refractivity contribution is 6.03. The molecule has 3 rings (SSSR count). The van der Waals surface area contributed by atoms with E-state index in [1.165, 1.54) is 24.4 Å². The number of anilines is 3. The van der Waals surface area contributed by atoms with Gasteiger partial charge in [-0.25, -0.2) is 9.97 Å². The van der Waals surface area contributed by atoms with Crippen LogP contribution in [0.2, 0.25) is 0 Å². The van der Waals surface area contributed by atoms with E-state index in [1.807, 2.05) is 26.0 Å². The molecule has 1 heterocycles. The monoisotopic (exact) mass is 386 g/mol. The van der Waals surface area contributed by atoms with Gasteiger partial charge in [0.25, 0.3) is 5.91 Å². The number of carbonyl (C=O) groups excluding carboxylic acids is 1. The van der Waals surface area contributed by atoms with Gasteiger partial charge in [0, 0.05) is 17.6 Å². The Kier molecular flexibility index (Phi) is 5.30. The number of benzene rings is 2.